The number of hydrogen-bond donors (Lipinski definition) is 1. The SMILES string of the molecule is CN(Cc1ccc(Cl)c(N)c1)C1CCOCC1. The molecule has 0 saturated carbocycles. The average Bonchev–Trinajstić information content (AvgIpc) is 2.35. The molecule has 0 spiro atoms. The van der Waals surface area contributed by atoms with Gasteiger partial charge in [0.1, 0.15) is 0 Å². The van der Waals surface area contributed by atoms with Crippen LogP contribution in [0.2, 0.25) is 5.02 Å². The highest BCUT2D eigenvalue weighted by molar-refractivity contribution is 6.33. The van der Waals surface area contributed by atoms with Crippen molar-refractivity contribution < 1.29 is 4.74 Å². The van der Waals surface area contributed by atoms with Crippen molar-refractivity contribution in [2.45, 2.75) is 25.4 Å². The van der Waals surface area contributed by atoms with E-state index in [4.69, 9.17) is 22.1 Å². The largest absolute Gasteiger partial charge is 0.398 e. The third kappa shape index (κ3) is 3.35. The van der Waals surface area contributed by atoms with Crippen LogP contribution in [-0.2, 0) is 11.3 Å². The van der Waals surface area contributed by atoms with E-state index in [1.807, 2.05) is 18.2 Å². The van der Waals surface area contributed by atoms with Crippen LogP contribution in [0.4, 0.5) is 5.69 Å². The van der Waals surface area contributed by atoms with Gasteiger partial charge in [-0.1, -0.05) is 17.7 Å². The molecule has 0 amide bonds. The molecular weight excluding hydrogens is 236 g/mol. The lowest BCUT2D eigenvalue weighted by Crippen LogP contribution is -2.36. The number of benzene rings is 1. The van der Waals surface area contributed by atoms with E-state index in [0.717, 1.165) is 32.6 Å². The molecule has 0 aromatic heterocycles. The van der Waals surface area contributed by atoms with E-state index < -0.39 is 0 Å². The van der Waals surface area contributed by atoms with E-state index in [2.05, 4.69) is 11.9 Å². The fourth-order valence-corrected chi connectivity index (χ4v) is 2.35. The standard InChI is InChI=1S/C13H19ClN2O/c1-16(11-4-6-17-7-5-11)9-10-2-3-12(14)13(15)8-10/h2-3,8,11H,4-7,9,15H2,1H3. The van der Waals surface area contributed by atoms with Crippen molar-refractivity contribution in [2.24, 2.45) is 0 Å². The highest BCUT2D eigenvalue weighted by Gasteiger charge is 2.18. The molecule has 1 aromatic rings. The van der Waals surface area contributed by atoms with Gasteiger partial charge in [0.25, 0.3) is 0 Å². The van der Waals surface area contributed by atoms with Crippen LogP contribution >= 0.6 is 11.6 Å². The zero-order valence-corrected chi connectivity index (χ0v) is 10.9. The van der Waals surface area contributed by atoms with Crippen molar-refractivity contribution in [3.63, 3.8) is 0 Å². The monoisotopic (exact) mass is 254 g/mol. The molecular formula is C13H19ClN2O. The zero-order valence-electron chi connectivity index (χ0n) is 10.2. The Morgan fingerprint density at radius 3 is 2.76 bits per heavy atom. The molecule has 2 N–H and O–H groups in total. The first-order valence-electron chi connectivity index (χ1n) is 5.98. The van der Waals surface area contributed by atoms with Crippen molar-refractivity contribution in [2.75, 3.05) is 26.0 Å². The van der Waals surface area contributed by atoms with Crippen molar-refractivity contribution in [1.29, 1.82) is 0 Å². The van der Waals surface area contributed by atoms with E-state index >= 15 is 0 Å². The third-order valence-electron chi connectivity index (χ3n) is 3.31. The van der Waals surface area contributed by atoms with Crippen LogP contribution in [0.25, 0.3) is 0 Å². The van der Waals surface area contributed by atoms with Gasteiger partial charge in [-0.15, -0.1) is 0 Å². The summed E-state index contributed by atoms with van der Waals surface area (Å²) in [5.74, 6) is 0. The van der Waals surface area contributed by atoms with Gasteiger partial charge < -0.3 is 10.5 Å². The lowest BCUT2D eigenvalue weighted by Gasteiger charge is -2.31. The van der Waals surface area contributed by atoms with Crippen molar-refractivity contribution >= 4 is 17.3 Å². The number of rotatable bonds is 3. The Hall–Kier alpha value is -0.770. The second-order valence-electron chi connectivity index (χ2n) is 4.61. The van der Waals surface area contributed by atoms with Crippen LogP contribution in [0.1, 0.15) is 18.4 Å². The quantitative estimate of drug-likeness (QED) is 0.843. The molecule has 1 heterocycles. The van der Waals surface area contributed by atoms with Crippen molar-refractivity contribution in [3.05, 3.63) is 28.8 Å². The first-order chi connectivity index (χ1) is 8.16. The van der Waals surface area contributed by atoms with Crippen LogP contribution in [0, 0.1) is 0 Å². The maximum Gasteiger partial charge on any atom is 0.0635 e. The Labute approximate surface area is 107 Å². The van der Waals surface area contributed by atoms with Crippen LogP contribution in [0.15, 0.2) is 18.2 Å². The molecule has 1 aromatic carbocycles. The summed E-state index contributed by atoms with van der Waals surface area (Å²) in [5.41, 5.74) is 7.67. The predicted octanol–water partition coefficient (Wildman–Crippen LogP) is 2.53. The number of ether oxygens (including phenoxy) is 1. The Morgan fingerprint density at radius 2 is 2.12 bits per heavy atom. The van der Waals surface area contributed by atoms with E-state index in [9.17, 15) is 0 Å². The molecule has 0 unspecified atom stereocenters. The van der Waals surface area contributed by atoms with E-state index in [-0.39, 0.29) is 0 Å². The van der Waals surface area contributed by atoms with Crippen molar-refractivity contribution in [1.82, 2.24) is 4.90 Å². The lowest BCUT2D eigenvalue weighted by atomic mass is 10.1. The lowest BCUT2D eigenvalue weighted by molar-refractivity contribution is 0.0407. The molecule has 1 saturated heterocycles. The highest BCUT2D eigenvalue weighted by atomic mass is 35.5. The normalized spacial score (nSPS) is 17.6. The van der Waals surface area contributed by atoms with Gasteiger partial charge in [-0.05, 0) is 37.6 Å². The van der Waals surface area contributed by atoms with Crippen LogP contribution < -0.4 is 5.73 Å². The Kier molecular flexibility index (Phi) is 4.26. The second-order valence-corrected chi connectivity index (χ2v) is 5.02. The molecule has 94 valence electrons. The number of halogens is 1. The van der Waals surface area contributed by atoms with Crippen LogP contribution in [-0.4, -0.2) is 31.2 Å². The second kappa shape index (κ2) is 5.71. The Balaban J connectivity index is 1.96. The summed E-state index contributed by atoms with van der Waals surface area (Å²) >= 11 is 5.91. The van der Waals surface area contributed by atoms with Gasteiger partial charge >= 0.3 is 0 Å². The smallest absolute Gasteiger partial charge is 0.0635 e. The number of hydrogen-bond acceptors (Lipinski definition) is 3. The Morgan fingerprint density at radius 1 is 1.41 bits per heavy atom. The molecule has 1 fully saturated rings. The van der Waals surface area contributed by atoms with Crippen molar-refractivity contribution in [3.8, 4) is 0 Å². The number of nitrogen functional groups attached to an aromatic ring is 1. The summed E-state index contributed by atoms with van der Waals surface area (Å²) in [6.45, 7) is 2.65. The Bertz CT molecular complexity index is 378. The van der Waals surface area contributed by atoms with E-state index in [1.165, 1.54) is 5.56 Å². The molecule has 0 atom stereocenters. The summed E-state index contributed by atoms with van der Waals surface area (Å²) < 4.78 is 5.37. The van der Waals surface area contributed by atoms with Crippen LogP contribution in [0.5, 0.6) is 0 Å². The fourth-order valence-electron chi connectivity index (χ4n) is 2.23. The minimum atomic E-state index is 0.612. The first kappa shape index (κ1) is 12.7. The summed E-state index contributed by atoms with van der Waals surface area (Å²) in [4.78, 5) is 2.37. The topological polar surface area (TPSA) is 38.5 Å². The number of anilines is 1. The molecule has 0 bridgehead atoms. The summed E-state index contributed by atoms with van der Waals surface area (Å²) in [6.07, 6.45) is 2.22. The maximum absolute atomic E-state index is 5.91. The molecule has 1 aliphatic heterocycles. The van der Waals surface area contributed by atoms with Gasteiger partial charge in [0.05, 0.1) is 10.7 Å². The summed E-state index contributed by atoms with van der Waals surface area (Å²) in [5, 5.41) is 0.627. The third-order valence-corrected chi connectivity index (χ3v) is 3.65. The molecule has 0 aliphatic carbocycles. The average molecular weight is 255 g/mol. The molecule has 4 heteroatoms. The number of nitrogens with two attached hydrogens (primary N) is 1. The minimum absolute atomic E-state index is 0.612. The number of nitrogens with zero attached hydrogens (tertiary/aromatic N) is 1. The fraction of sp³-hybridized carbons (Fsp3) is 0.538. The van der Waals surface area contributed by atoms with E-state index in [1.54, 1.807) is 0 Å². The molecule has 2 rings (SSSR count). The van der Waals surface area contributed by atoms with Gasteiger partial charge in [-0.25, -0.2) is 0 Å². The van der Waals surface area contributed by atoms with Gasteiger partial charge in [0.2, 0.25) is 0 Å². The van der Waals surface area contributed by atoms with Gasteiger partial charge in [0, 0.05) is 25.8 Å². The molecule has 17 heavy (non-hydrogen) atoms. The highest BCUT2D eigenvalue weighted by Crippen LogP contribution is 2.21. The maximum atomic E-state index is 5.91. The van der Waals surface area contributed by atoms with Gasteiger partial charge in [0.15, 0.2) is 0 Å². The summed E-state index contributed by atoms with van der Waals surface area (Å²) in [7, 11) is 2.15. The first-order valence-corrected chi connectivity index (χ1v) is 6.36. The molecule has 1 aliphatic rings. The van der Waals surface area contributed by atoms with Crippen LogP contribution in [0.3, 0.4) is 0 Å². The minimum Gasteiger partial charge on any atom is -0.398 e. The van der Waals surface area contributed by atoms with E-state index in [0.29, 0.717) is 16.8 Å². The molecule has 0 radical (unpaired) electrons. The molecule has 3 nitrogen and oxygen atoms in total. The van der Waals surface area contributed by atoms with Gasteiger partial charge in [-0.3, -0.25) is 4.90 Å². The predicted molar refractivity (Wildman–Crippen MR) is 71.2 cm³/mol. The zero-order chi connectivity index (χ0) is 12.3. The van der Waals surface area contributed by atoms with Gasteiger partial charge in [-0.2, -0.15) is 0 Å². The summed E-state index contributed by atoms with van der Waals surface area (Å²) in [6, 6.07) is 6.47.